The number of amides is 2. The van der Waals surface area contributed by atoms with Crippen LogP contribution in [0.4, 0.5) is 10.5 Å². The monoisotopic (exact) mass is 340 g/mol. The van der Waals surface area contributed by atoms with Crippen molar-refractivity contribution in [3.63, 3.8) is 0 Å². The van der Waals surface area contributed by atoms with Crippen molar-refractivity contribution >= 4 is 11.7 Å². The second kappa shape index (κ2) is 9.72. The van der Waals surface area contributed by atoms with E-state index < -0.39 is 0 Å². The van der Waals surface area contributed by atoms with Crippen LogP contribution in [0.3, 0.4) is 0 Å². The summed E-state index contributed by atoms with van der Waals surface area (Å²) < 4.78 is 5.67. The average Bonchev–Trinajstić information content (AvgIpc) is 2.58. The van der Waals surface area contributed by atoms with E-state index >= 15 is 0 Å². The highest BCUT2D eigenvalue weighted by Crippen LogP contribution is 2.16. The van der Waals surface area contributed by atoms with Crippen LogP contribution in [0.5, 0.6) is 5.75 Å². The summed E-state index contributed by atoms with van der Waals surface area (Å²) in [4.78, 5) is 11.9. The topological polar surface area (TPSA) is 50.4 Å². The minimum atomic E-state index is -0.194. The highest BCUT2D eigenvalue weighted by Gasteiger charge is 2.02. The highest BCUT2D eigenvalue weighted by atomic mass is 16.5. The van der Waals surface area contributed by atoms with Crippen molar-refractivity contribution in [1.82, 2.24) is 5.32 Å². The summed E-state index contributed by atoms with van der Waals surface area (Å²) in [6.45, 7) is 7.73. The Morgan fingerprint density at radius 3 is 2.36 bits per heavy atom. The molecule has 0 atom stereocenters. The molecule has 0 fully saturated rings. The van der Waals surface area contributed by atoms with Crippen LogP contribution in [0, 0.1) is 12.8 Å². The second-order valence-electron chi connectivity index (χ2n) is 6.67. The van der Waals surface area contributed by atoms with Gasteiger partial charge in [0.2, 0.25) is 0 Å². The average molecular weight is 340 g/mol. The van der Waals surface area contributed by atoms with Crippen molar-refractivity contribution in [2.24, 2.45) is 5.92 Å². The number of carbonyl (C=O) groups is 1. The summed E-state index contributed by atoms with van der Waals surface area (Å²) in [7, 11) is 0. The summed E-state index contributed by atoms with van der Waals surface area (Å²) in [5.74, 6) is 1.45. The minimum absolute atomic E-state index is 0.194. The maximum absolute atomic E-state index is 11.9. The fourth-order valence-corrected chi connectivity index (χ4v) is 2.30. The molecule has 134 valence electrons. The lowest BCUT2D eigenvalue weighted by Crippen LogP contribution is -2.30. The maximum Gasteiger partial charge on any atom is 0.319 e. The lowest BCUT2D eigenvalue weighted by Gasteiger charge is -2.10. The molecule has 0 aliphatic carbocycles. The van der Waals surface area contributed by atoms with Crippen LogP contribution >= 0.6 is 0 Å². The van der Waals surface area contributed by atoms with Crippen molar-refractivity contribution in [3.05, 3.63) is 59.7 Å². The molecule has 0 bridgehead atoms. The molecule has 0 aliphatic heterocycles. The van der Waals surface area contributed by atoms with Crippen molar-refractivity contribution in [1.29, 1.82) is 0 Å². The van der Waals surface area contributed by atoms with Gasteiger partial charge >= 0.3 is 6.03 Å². The molecule has 2 rings (SSSR count). The van der Waals surface area contributed by atoms with E-state index in [1.54, 1.807) is 0 Å². The molecule has 0 saturated carbocycles. The number of carbonyl (C=O) groups excluding carboxylic acids is 1. The standard InChI is InChI=1S/C21H28N2O2/c1-16(2)13-15-25-20-10-8-19(9-11-20)23-21(24)22-14-12-18-6-4-17(3)5-7-18/h4-11,16H,12-15H2,1-3H3,(H2,22,23,24). The zero-order chi connectivity index (χ0) is 18.1. The van der Waals surface area contributed by atoms with Crippen LogP contribution in [0.15, 0.2) is 48.5 Å². The number of ether oxygens (including phenoxy) is 1. The smallest absolute Gasteiger partial charge is 0.319 e. The number of hydrogen-bond acceptors (Lipinski definition) is 2. The number of rotatable bonds is 8. The molecule has 4 nitrogen and oxygen atoms in total. The highest BCUT2D eigenvalue weighted by molar-refractivity contribution is 5.89. The maximum atomic E-state index is 11.9. The Bertz CT molecular complexity index is 649. The van der Waals surface area contributed by atoms with Crippen molar-refractivity contribution < 1.29 is 9.53 Å². The van der Waals surface area contributed by atoms with E-state index in [-0.39, 0.29) is 6.03 Å². The lowest BCUT2D eigenvalue weighted by molar-refractivity contribution is 0.252. The molecule has 0 unspecified atom stereocenters. The Morgan fingerprint density at radius 2 is 1.72 bits per heavy atom. The van der Waals surface area contributed by atoms with Gasteiger partial charge in [0.25, 0.3) is 0 Å². The van der Waals surface area contributed by atoms with Gasteiger partial charge in [-0.1, -0.05) is 43.7 Å². The fourth-order valence-electron chi connectivity index (χ4n) is 2.30. The Kier molecular flexibility index (Phi) is 7.33. The van der Waals surface area contributed by atoms with Gasteiger partial charge in [0.15, 0.2) is 0 Å². The molecule has 0 saturated heterocycles. The van der Waals surface area contributed by atoms with Crippen LogP contribution in [0.2, 0.25) is 0 Å². The normalized spacial score (nSPS) is 10.6. The molecule has 2 amide bonds. The van der Waals surface area contributed by atoms with Crippen LogP contribution in [-0.4, -0.2) is 19.2 Å². The summed E-state index contributed by atoms with van der Waals surface area (Å²) in [6.07, 6.45) is 1.85. The van der Waals surface area contributed by atoms with E-state index in [2.05, 4.69) is 55.7 Å². The number of benzene rings is 2. The third-order valence-electron chi connectivity index (χ3n) is 3.90. The predicted molar refractivity (Wildman–Crippen MR) is 103 cm³/mol. The van der Waals surface area contributed by atoms with Gasteiger partial charge in [-0.15, -0.1) is 0 Å². The second-order valence-corrected chi connectivity index (χ2v) is 6.67. The first kappa shape index (κ1) is 18.8. The van der Waals surface area contributed by atoms with Crippen molar-refractivity contribution in [2.75, 3.05) is 18.5 Å². The van der Waals surface area contributed by atoms with E-state index in [4.69, 9.17) is 4.74 Å². The molecule has 25 heavy (non-hydrogen) atoms. The van der Waals surface area contributed by atoms with Gasteiger partial charge in [0.05, 0.1) is 6.61 Å². The Labute approximate surface area is 150 Å². The van der Waals surface area contributed by atoms with Crippen LogP contribution in [0.1, 0.15) is 31.4 Å². The third kappa shape index (κ3) is 7.29. The van der Waals surface area contributed by atoms with Gasteiger partial charge in [0.1, 0.15) is 5.75 Å². The molecule has 2 N–H and O–H groups in total. The molecular weight excluding hydrogens is 312 g/mol. The summed E-state index contributed by atoms with van der Waals surface area (Å²) in [5.41, 5.74) is 3.21. The van der Waals surface area contributed by atoms with Crippen LogP contribution in [0.25, 0.3) is 0 Å². The first-order valence-electron chi connectivity index (χ1n) is 8.86. The molecule has 0 radical (unpaired) electrons. The van der Waals surface area contributed by atoms with Gasteiger partial charge in [-0.05, 0) is 55.5 Å². The number of nitrogens with one attached hydrogen (secondary N) is 2. The summed E-state index contributed by atoms with van der Waals surface area (Å²) in [5, 5.41) is 5.71. The van der Waals surface area contributed by atoms with E-state index in [0.29, 0.717) is 19.1 Å². The largest absolute Gasteiger partial charge is 0.494 e. The number of urea groups is 1. The molecule has 0 heterocycles. The predicted octanol–water partition coefficient (Wildman–Crippen LogP) is 4.78. The van der Waals surface area contributed by atoms with Gasteiger partial charge in [-0.3, -0.25) is 0 Å². The molecule has 2 aromatic carbocycles. The van der Waals surface area contributed by atoms with Gasteiger partial charge in [-0.25, -0.2) is 4.79 Å². The van der Waals surface area contributed by atoms with E-state index in [1.165, 1.54) is 11.1 Å². The Morgan fingerprint density at radius 1 is 1.04 bits per heavy atom. The minimum Gasteiger partial charge on any atom is -0.494 e. The lowest BCUT2D eigenvalue weighted by atomic mass is 10.1. The summed E-state index contributed by atoms with van der Waals surface area (Å²) >= 11 is 0. The fraction of sp³-hybridized carbons (Fsp3) is 0.381. The number of hydrogen-bond donors (Lipinski definition) is 2. The van der Waals surface area contributed by atoms with E-state index in [9.17, 15) is 4.79 Å². The quantitative estimate of drug-likeness (QED) is 0.726. The van der Waals surface area contributed by atoms with Crippen molar-refractivity contribution in [2.45, 2.75) is 33.6 Å². The Hall–Kier alpha value is -2.49. The summed E-state index contributed by atoms with van der Waals surface area (Å²) in [6, 6.07) is 15.6. The number of aryl methyl sites for hydroxylation is 1. The molecular formula is C21H28N2O2. The van der Waals surface area contributed by atoms with Gasteiger partial charge < -0.3 is 15.4 Å². The first-order valence-corrected chi connectivity index (χ1v) is 8.86. The number of anilines is 1. The van der Waals surface area contributed by atoms with Crippen molar-refractivity contribution in [3.8, 4) is 5.75 Å². The zero-order valence-electron chi connectivity index (χ0n) is 15.3. The van der Waals surface area contributed by atoms with Gasteiger partial charge in [0, 0.05) is 12.2 Å². The Balaban J connectivity index is 1.70. The first-order chi connectivity index (χ1) is 12.0. The van der Waals surface area contributed by atoms with E-state index in [1.807, 2.05) is 24.3 Å². The molecule has 0 aromatic heterocycles. The van der Waals surface area contributed by atoms with Gasteiger partial charge in [-0.2, -0.15) is 0 Å². The van der Waals surface area contributed by atoms with Crippen LogP contribution in [-0.2, 0) is 6.42 Å². The van der Waals surface area contributed by atoms with E-state index in [0.717, 1.165) is 24.3 Å². The molecule has 0 spiro atoms. The SMILES string of the molecule is Cc1ccc(CCNC(=O)Nc2ccc(OCCC(C)C)cc2)cc1. The molecule has 4 heteroatoms. The zero-order valence-corrected chi connectivity index (χ0v) is 15.3. The molecule has 0 aliphatic rings. The third-order valence-corrected chi connectivity index (χ3v) is 3.90. The van der Waals surface area contributed by atoms with Crippen LogP contribution < -0.4 is 15.4 Å². The molecule has 2 aromatic rings.